The molecule has 0 aliphatic heterocycles. The Hall–Kier alpha value is -2.96. The molecule has 1 aliphatic carbocycles. The molecule has 7 heteroatoms. The summed E-state index contributed by atoms with van der Waals surface area (Å²) in [6.07, 6.45) is 7.67. The fourth-order valence-electron chi connectivity index (χ4n) is 4.00. The maximum atomic E-state index is 12.6. The normalized spacial score (nSPS) is 19.5. The Morgan fingerprint density at radius 1 is 1.18 bits per heavy atom. The number of carbonyl (C=O) groups is 1. The zero-order valence-electron chi connectivity index (χ0n) is 16.0. The van der Waals surface area contributed by atoms with Crippen molar-refractivity contribution in [2.75, 3.05) is 13.2 Å². The topological polar surface area (TPSA) is 81.4 Å². The molecule has 0 radical (unpaired) electrons. The third kappa shape index (κ3) is 3.83. The number of hydrogen-bond donors (Lipinski definition) is 1. The predicted octanol–water partition coefficient (Wildman–Crippen LogP) is 3.23. The maximum Gasteiger partial charge on any atom is 0.255 e. The molecule has 0 bridgehead atoms. The zero-order valence-corrected chi connectivity index (χ0v) is 16.0. The lowest BCUT2D eigenvalue weighted by Gasteiger charge is -2.28. The van der Waals surface area contributed by atoms with E-state index in [-0.39, 0.29) is 5.91 Å². The van der Waals surface area contributed by atoms with Crippen LogP contribution in [0, 0.1) is 5.92 Å². The van der Waals surface area contributed by atoms with Crippen molar-refractivity contribution in [3.05, 3.63) is 54.1 Å². The molecule has 0 atom stereocenters. The Labute approximate surface area is 164 Å². The minimum absolute atomic E-state index is 0.0652. The molecule has 1 amide bonds. The van der Waals surface area contributed by atoms with Crippen LogP contribution in [0.3, 0.4) is 0 Å². The van der Waals surface area contributed by atoms with E-state index in [4.69, 9.17) is 4.74 Å². The summed E-state index contributed by atoms with van der Waals surface area (Å²) in [6, 6.07) is 9.43. The summed E-state index contributed by atoms with van der Waals surface area (Å²) in [4.78, 5) is 21.0. The second-order valence-electron chi connectivity index (χ2n) is 7.20. The van der Waals surface area contributed by atoms with Crippen LogP contribution in [-0.4, -0.2) is 38.6 Å². The van der Waals surface area contributed by atoms with Crippen molar-refractivity contribution in [2.45, 2.75) is 38.5 Å². The molecule has 0 spiro atoms. The summed E-state index contributed by atoms with van der Waals surface area (Å²) in [7, 11) is 0. The van der Waals surface area contributed by atoms with E-state index in [1.807, 2.05) is 48.0 Å². The zero-order chi connectivity index (χ0) is 19.3. The molecule has 2 aromatic heterocycles. The van der Waals surface area contributed by atoms with Crippen molar-refractivity contribution in [1.82, 2.24) is 24.9 Å². The van der Waals surface area contributed by atoms with Gasteiger partial charge in [0.25, 0.3) is 11.7 Å². The molecule has 7 nitrogen and oxygen atoms in total. The van der Waals surface area contributed by atoms with Crippen LogP contribution < -0.4 is 10.1 Å². The molecular formula is C21H25N5O2. The molecule has 146 valence electrons. The number of carbonyl (C=O) groups excluding carboxylic acids is 1. The summed E-state index contributed by atoms with van der Waals surface area (Å²) < 4.78 is 7.41. The number of nitrogens with one attached hydrogen (secondary N) is 1. The first-order valence-electron chi connectivity index (χ1n) is 9.91. The molecule has 1 aliphatic rings. The molecule has 0 saturated heterocycles. The summed E-state index contributed by atoms with van der Waals surface area (Å²) in [5.41, 5.74) is 1.78. The van der Waals surface area contributed by atoms with E-state index < -0.39 is 0 Å². The molecule has 1 aromatic carbocycles. The summed E-state index contributed by atoms with van der Waals surface area (Å²) in [5.74, 6) is 2.18. The van der Waals surface area contributed by atoms with Crippen molar-refractivity contribution in [1.29, 1.82) is 0 Å². The van der Waals surface area contributed by atoms with Crippen molar-refractivity contribution in [3.8, 4) is 5.75 Å². The third-order valence-corrected chi connectivity index (χ3v) is 5.46. The number of ether oxygens (including phenoxy) is 1. The van der Waals surface area contributed by atoms with E-state index >= 15 is 0 Å². The molecule has 3 aromatic rings. The van der Waals surface area contributed by atoms with Gasteiger partial charge in [-0.15, -0.1) is 0 Å². The Morgan fingerprint density at radius 2 is 2.00 bits per heavy atom. The van der Waals surface area contributed by atoms with Gasteiger partial charge in [-0.25, -0.2) is 9.50 Å². The van der Waals surface area contributed by atoms with E-state index in [2.05, 4.69) is 20.4 Å². The molecule has 28 heavy (non-hydrogen) atoms. The Balaban J connectivity index is 1.33. The van der Waals surface area contributed by atoms with Gasteiger partial charge in [0.05, 0.1) is 17.9 Å². The number of fused-ring (bicyclic) bond motifs is 1. The standard InChI is InChI=1S/C21H25N5O2/c1-2-28-19-6-4-3-5-17(19)20(27)23-13-15-7-9-16(10-8-15)18-11-12-22-21-24-14-25-26(18)21/h3-6,11-12,14-16H,2,7-10,13H2,1H3,(H,23,27). The van der Waals surface area contributed by atoms with Gasteiger partial charge in [-0.2, -0.15) is 10.1 Å². The van der Waals surface area contributed by atoms with Crippen LogP contribution in [0.15, 0.2) is 42.9 Å². The monoisotopic (exact) mass is 379 g/mol. The lowest BCUT2D eigenvalue weighted by molar-refractivity contribution is 0.0939. The number of hydrogen-bond acceptors (Lipinski definition) is 5. The summed E-state index contributed by atoms with van der Waals surface area (Å²) >= 11 is 0. The van der Waals surface area contributed by atoms with Crippen molar-refractivity contribution in [2.24, 2.45) is 5.92 Å². The Bertz CT molecular complexity index is 947. The van der Waals surface area contributed by atoms with Crippen LogP contribution in [-0.2, 0) is 0 Å². The Kier molecular flexibility index (Phi) is 5.50. The SMILES string of the molecule is CCOc1ccccc1C(=O)NCC1CCC(c2ccnc3ncnn23)CC1. The van der Waals surface area contributed by atoms with Gasteiger partial charge in [-0.3, -0.25) is 4.79 Å². The van der Waals surface area contributed by atoms with Gasteiger partial charge in [0.1, 0.15) is 12.1 Å². The van der Waals surface area contributed by atoms with Gasteiger partial charge in [0.2, 0.25) is 0 Å². The highest BCUT2D eigenvalue weighted by molar-refractivity contribution is 5.96. The lowest BCUT2D eigenvalue weighted by atomic mass is 9.80. The maximum absolute atomic E-state index is 12.6. The highest BCUT2D eigenvalue weighted by Crippen LogP contribution is 2.35. The molecular weight excluding hydrogens is 354 g/mol. The van der Waals surface area contributed by atoms with Crippen LogP contribution in [0.5, 0.6) is 5.75 Å². The van der Waals surface area contributed by atoms with E-state index in [0.29, 0.717) is 42.1 Å². The summed E-state index contributed by atoms with van der Waals surface area (Å²) in [5, 5.41) is 7.39. The van der Waals surface area contributed by atoms with Crippen molar-refractivity contribution >= 4 is 11.7 Å². The van der Waals surface area contributed by atoms with Crippen LogP contribution in [0.2, 0.25) is 0 Å². The molecule has 0 unspecified atom stereocenters. The third-order valence-electron chi connectivity index (χ3n) is 5.46. The Morgan fingerprint density at radius 3 is 2.82 bits per heavy atom. The average Bonchev–Trinajstić information content (AvgIpc) is 3.22. The molecule has 4 rings (SSSR count). The van der Waals surface area contributed by atoms with Crippen LogP contribution in [0.1, 0.15) is 54.6 Å². The second kappa shape index (κ2) is 8.37. The van der Waals surface area contributed by atoms with E-state index in [1.54, 1.807) is 6.33 Å². The molecule has 1 N–H and O–H groups in total. The fourth-order valence-corrected chi connectivity index (χ4v) is 4.00. The number of rotatable bonds is 6. The minimum atomic E-state index is -0.0652. The van der Waals surface area contributed by atoms with Crippen LogP contribution in [0.4, 0.5) is 0 Å². The van der Waals surface area contributed by atoms with Crippen molar-refractivity contribution < 1.29 is 9.53 Å². The molecule has 2 heterocycles. The summed E-state index contributed by atoms with van der Waals surface area (Å²) in [6.45, 7) is 3.16. The van der Waals surface area contributed by atoms with E-state index in [9.17, 15) is 4.79 Å². The van der Waals surface area contributed by atoms with Crippen LogP contribution >= 0.6 is 0 Å². The van der Waals surface area contributed by atoms with Crippen LogP contribution in [0.25, 0.3) is 5.78 Å². The minimum Gasteiger partial charge on any atom is -0.493 e. The van der Waals surface area contributed by atoms with Gasteiger partial charge in [0.15, 0.2) is 0 Å². The number of aromatic nitrogens is 4. The first-order valence-corrected chi connectivity index (χ1v) is 9.91. The van der Waals surface area contributed by atoms with E-state index in [0.717, 1.165) is 25.7 Å². The lowest BCUT2D eigenvalue weighted by Crippen LogP contribution is -2.31. The largest absolute Gasteiger partial charge is 0.493 e. The highest BCUT2D eigenvalue weighted by atomic mass is 16.5. The van der Waals surface area contributed by atoms with Gasteiger partial charge >= 0.3 is 0 Å². The van der Waals surface area contributed by atoms with Gasteiger partial charge in [-0.05, 0) is 56.7 Å². The quantitative estimate of drug-likeness (QED) is 0.711. The first-order chi connectivity index (χ1) is 13.8. The predicted molar refractivity (Wildman–Crippen MR) is 105 cm³/mol. The number of amides is 1. The van der Waals surface area contributed by atoms with Crippen molar-refractivity contribution in [3.63, 3.8) is 0 Å². The number of para-hydroxylation sites is 1. The number of nitrogens with zero attached hydrogens (tertiary/aromatic N) is 4. The van der Waals surface area contributed by atoms with E-state index in [1.165, 1.54) is 5.69 Å². The highest BCUT2D eigenvalue weighted by Gasteiger charge is 2.25. The fraction of sp³-hybridized carbons (Fsp3) is 0.429. The first kappa shape index (κ1) is 18.4. The second-order valence-corrected chi connectivity index (χ2v) is 7.20. The van der Waals surface area contributed by atoms with Gasteiger partial charge < -0.3 is 10.1 Å². The molecule has 1 fully saturated rings. The molecule has 1 saturated carbocycles. The van der Waals surface area contributed by atoms with Gasteiger partial charge in [0, 0.05) is 18.7 Å². The average molecular weight is 379 g/mol. The van der Waals surface area contributed by atoms with Gasteiger partial charge in [-0.1, -0.05) is 12.1 Å². The number of benzene rings is 1. The smallest absolute Gasteiger partial charge is 0.255 e.